The summed E-state index contributed by atoms with van der Waals surface area (Å²) in [5.74, 6) is 3.70. The molecule has 4 bridgehead atoms. The molecule has 0 aromatic heterocycles. The van der Waals surface area contributed by atoms with Crippen molar-refractivity contribution in [1.82, 2.24) is 4.90 Å². The summed E-state index contributed by atoms with van der Waals surface area (Å²) in [6.07, 6.45) is 6.33. The van der Waals surface area contributed by atoms with Gasteiger partial charge in [0.2, 0.25) is 0 Å². The van der Waals surface area contributed by atoms with Gasteiger partial charge < -0.3 is 20.1 Å². The molecule has 2 heterocycles. The Kier molecular flexibility index (Phi) is 4.59. The van der Waals surface area contributed by atoms with Crippen molar-refractivity contribution in [2.75, 3.05) is 26.8 Å². The number of benzene rings is 1. The van der Waals surface area contributed by atoms with Gasteiger partial charge in [-0.1, -0.05) is 0 Å². The van der Waals surface area contributed by atoms with Crippen LogP contribution in [0.1, 0.15) is 42.5 Å². The summed E-state index contributed by atoms with van der Waals surface area (Å²) >= 11 is 0. The maximum absolute atomic E-state index is 13.4. The summed E-state index contributed by atoms with van der Waals surface area (Å²) in [7, 11) is 1.62. The fraction of sp³-hybridized carbons (Fsp3) is 0.650. The van der Waals surface area contributed by atoms with Gasteiger partial charge in [-0.25, -0.2) is 0 Å². The lowest BCUT2D eigenvalue weighted by Gasteiger charge is -2.39. The van der Waals surface area contributed by atoms with Crippen LogP contribution in [0.4, 0.5) is 0 Å². The number of ether oxygens (including phenoxy) is 2. The Hall–Kier alpha value is -1.75. The summed E-state index contributed by atoms with van der Waals surface area (Å²) in [6.45, 7) is 1.71. The van der Waals surface area contributed by atoms with E-state index < -0.39 is 0 Å². The second-order valence-electron chi connectivity index (χ2n) is 7.89. The Bertz CT molecular complexity index is 634. The van der Waals surface area contributed by atoms with Crippen molar-refractivity contribution in [1.29, 1.82) is 0 Å². The van der Waals surface area contributed by atoms with Crippen molar-refractivity contribution in [3.63, 3.8) is 0 Å². The van der Waals surface area contributed by atoms with E-state index in [0.717, 1.165) is 18.4 Å². The number of amides is 1. The first-order valence-electron chi connectivity index (χ1n) is 9.49. The van der Waals surface area contributed by atoms with Crippen LogP contribution in [-0.4, -0.2) is 43.7 Å². The van der Waals surface area contributed by atoms with E-state index in [1.807, 2.05) is 12.1 Å². The zero-order valence-corrected chi connectivity index (χ0v) is 14.9. The minimum absolute atomic E-state index is 0.105. The lowest BCUT2D eigenvalue weighted by atomic mass is 9.68. The number of methoxy groups -OCH3 is 1. The SMILES string of the molecule is COc1ccc(C(=O)N2CC3CC4CC(C3)CC2C4)c(OCCN)c1. The van der Waals surface area contributed by atoms with Gasteiger partial charge in [0, 0.05) is 25.2 Å². The first-order chi connectivity index (χ1) is 12.2. The number of hydrogen-bond acceptors (Lipinski definition) is 4. The molecule has 1 aromatic rings. The molecule has 1 amide bonds. The van der Waals surface area contributed by atoms with Crippen LogP contribution in [0, 0.1) is 17.8 Å². The molecule has 2 N–H and O–H groups in total. The maximum Gasteiger partial charge on any atom is 0.257 e. The predicted molar refractivity (Wildman–Crippen MR) is 95.9 cm³/mol. The normalized spacial score (nSPS) is 30.2. The number of carbonyl (C=O) groups excluding carboxylic acids is 1. The number of carbonyl (C=O) groups is 1. The third-order valence-corrected chi connectivity index (χ3v) is 6.16. The van der Waals surface area contributed by atoms with Crippen molar-refractivity contribution in [2.24, 2.45) is 23.5 Å². The van der Waals surface area contributed by atoms with Gasteiger partial charge in [0.1, 0.15) is 18.1 Å². The van der Waals surface area contributed by atoms with Gasteiger partial charge in [-0.3, -0.25) is 4.79 Å². The van der Waals surface area contributed by atoms with E-state index in [-0.39, 0.29) is 5.91 Å². The molecule has 2 aliphatic heterocycles. The van der Waals surface area contributed by atoms with Crippen molar-refractivity contribution < 1.29 is 14.3 Å². The van der Waals surface area contributed by atoms with Crippen molar-refractivity contribution in [2.45, 2.75) is 38.1 Å². The summed E-state index contributed by atoms with van der Waals surface area (Å²) in [4.78, 5) is 15.5. The molecular weight excluding hydrogens is 316 g/mol. The molecule has 5 rings (SSSR count). The minimum Gasteiger partial charge on any atom is -0.497 e. The second-order valence-corrected chi connectivity index (χ2v) is 7.89. The summed E-state index contributed by atoms with van der Waals surface area (Å²) < 4.78 is 11.0. The van der Waals surface area contributed by atoms with E-state index in [2.05, 4.69) is 4.90 Å². The second kappa shape index (κ2) is 6.87. The molecule has 4 aliphatic rings. The van der Waals surface area contributed by atoms with E-state index >= 15 is 0 Å². The molecule has 2 saturated heterocycles. The van der Waals surface area contributed by atoms with Gasteiger partial charge in [0.05, 0.1) is 12.7 Å². The monoisotopic (exact) mass is 344 g/mol. The third-order valence-electron chi connectivity index (χ3n) is 6.16. The molecule has 2 aliphatic carbocycles. The Morgan fingerprint density at radius 3 is 2.56 bits per heavy atom. The molecule has 2 atom stereocenters. The van der Waals surface area contributed by atoms with Crippen LogP contribution < -0.4 is 15.2 Å². The number of hydrogen-bond donors (Lipinski definition) is 1. The zero-order valence-electron chi connectivity index (χ0n) is 14.9. The highest BCUT2D eigenvalue weighted by Gasteiger charge is 2.44. The molecule has 5 nitrogen and oxygen atoms in total. The van der Waals surface area contributed by atoms with E-state index in [4.69, 9.17) is 15.2 Å². The van der Waals surface area contributed by atoms with Gasteiger partial charge in [-0.05, 0) is 62.0 Å². The molecule has 0 spiro atoms. The first-order valence-corrected chi connectivity index (χ1v) is 9.49. The standard InChI is InChI=1S/C20H28N2O3/c1-24-17-2-3-18(19(11-17)25-5-4-21)20(23)22-12-15-7-13-6-14(8-15)10-16(22)9-13/h2-3,11,13-16H,4-10,12,21H2,1H3. The van der Waals surface area contributed by atoms with Gasteiger partial charge in [-0.2, -0.15) is 0 Å². The number of rotatable bonds is 5. The van der Waals surface area contributed by atoms with E-state index in [1.54, 1.807) is 13.2 Å². The minimum atomic E-state index is 0.105. The lowest BCUT2D eigenvalue weighted by Crippen LogP contribution is -2.42. The molecule has 136 valence electrons. The maximum atomic E-state index is 13.4. The van der Waals surface area contributed by atoms with Gasteiger partial charge >= 0.3 is 0 Å². The number of nitrogens with zero attached hydrogens (tertiary/aromatic N) is 1. The topological polar surface area (TPSA) is 64.8 Å². The molecular formula is C20H28N2O3. The van der Waals surface area contributed by atoms with Crippen LogP contribution in [0.2, 0.25) is 0 Å². The Morgan fingerprint density at radius 2 is 1.88 bits per heavy atom. The number of fused-ring (bicyclic) bond motifs is 1. The highest BCUT2D eigenvalue weighted by atomic mass is 16.5. The smallest absolute Gasteiger partial charge is 0.257 e. The highest BCUT2D eigenvalue weighted by molar-refractivity contribution is 5.97. The van der Waals surface area contributed by atoms with Crippen molar-refractivity contribution in [3.8, 4) is 11.5 Å². The van der Waals surface area contributed by atoms with Crippen LogP contribution in [-0.2, 0) is 0 Å². The van der Waals surface area contributed by atoms with Crippen LogP contribution in [0.15, 0.2) is 18.2 Å². The summed E-state index contributed by atoms with van der Waals surface area (Å²) in [5.41, 5.74) is 6.21. The molecule has 2 saturated carbocycles. The highest BCUT2D eigenvalue weighted by Crippen LogP contribution is 2.48. The van der Waals surface area contributed by atoms with Crippen LogP contribution in [0.5, 0.6) is 11.5 Å². The van der Waals surface area contributed by atoms with Crippen molar-refractivity contribution in [3.05, 3.63) is 23.8 Å². The molecule has 4 fully saturated rings. The molecule has 1 aromatic carbocycles. The fourth-order valence-corrected chi connectivity index (χ4v) is 5.28. The molecule has 25 heavy (non-hydrogen) atoms. The molecule has 2 unspecified atom stereocenters. The van der Waals surface area contributed by atoms with Crippen LogP contribution in [0.25, 0.3) is 0 Å². The van der Waals surface area contributed by atoms with Gasteiger partial charge in [0.25, 0.3) is 5.91 Å². The van der Waals surface area contributed by atoms with Crippen LogP contribution in [0.3, 0.4) is 0 Å². The quantitative estimate of drug-likeness (QED) is 0.892. The van der Waals surface area contributed by atoms with Gasteiger partial charge in [0.15, 0.2) is 0 Å². The Labute approximate surface area is 149 Å². The van der Waals surface area contributed by atoms with Gasteiger partial charge in [-0.15, -0.1) is 0 Å². The first kappa shape index (κ1) is 16.7. The summed E-state index contributed by atoms with van der Waals surface area (Å²) in [5, 5.41) is 0. The summed E-state index contributed by atoms with van der Waals surface area (Å²) in [6, 6.07) is 5.87. The Balaban J connectivity index is 1.61. The predicted octanol–water partition coefficient (Wildman–Crippen LogP) is 2.68. The van der Waals surface area contributed by atoms with E-state index in [9.17, 15) is 4.79 Å². The average Bonchev–Trinajstić information content (AvgIpc) is 2.82. The lowest BCUT2D eigenvalue weighted by molar-refractivity contribution is 0.0628. The number of nitrogens with two attached hydrogens (primary N) is 1. The average molecular weight is 344 g/mol. The fourth-order valence-electron chi connectivity index (χ4n) is 5.28. The largest absolute Gasteiger partial charge is 0.497 e. The molecule has 0 radical (unpaired) electrons. The molecule has 5 heteroatoms. The zero-order chi connectivity index (χ0) is 17.4. The van der Waals surface area contributed by atoms with E-state index in [1.165, 1.54) is 32.1 Å². The van der Waals surface area contributed by atoms with Crippen LogP contribution >= 0.6 is 0 Å². The van der Waals surface area contributed by atoms with Crippen molar-refractivity contribution >= 4 is 5.91 Å². The third kappa shape index (κ3) is 3.22. The van der Waals surface area contributed by atoms with E-state index in [0.29, 0.717) is 42.2 Å². The Morgan fingerprint density at radius 1 is 1.16 bits per heavy atom.